The highest BCUT2D eigenvalue weighted by Gasteiger charge is 2.39. The Balaban J connectivity index is 1.64. The minimum absolute atomic E-state index is 0.00492. The number of hydrogen-bond donors (Lipinski definition) is 5. The van der Waals surface area contributed by atoms with Crippen LogP contribution in [0.25, 0.3) is 0 Å². The minimum atomic E-state index is -0.702. The smallest absolute Gasteiger partial charge is 0.306 e. The topological polar surface area (TPSA) is 115 Å². The molecule has 2 aliphatic heterocycles. The largest absolute Gasteiger partial charge is 0.481 e. The van der Waals surface area contributed by atoms with Crippen LogP contribution in [0.15, 0.2) is 0 Å². The molecule has 0 radical (unpaired) electrons. The Hall–Kier alpha value is -1.26. The lowest BCUT2D eigenvalue weighted by atomic mass is 9.91. The number of hydrogen-bond acceptors (Lipinski definition) is 7. The molecular weight excluding hydrogens is 362 g/mol. The predicted molar refractivity (Wildman–Crippen MR) is 104 cm³/mol. The molecule has 0 aromatic carbocycles. The van der Waals surface area contributed by atoms with Gasteiger partial charge in [0, 0.05) is 39.8 Å². The van der Waals surface area contributed by atoms with Gasteiger partial charge in [-0.15, -0.1) is 0 Å². The van der Waals surface area contributed by atoms with Gasteiger partial charge in [-0.3, -0.25) is 30.4 Å². The molecule has 0 aromatic heterocycles. The van der Waals surface area contributed by atoms with Gasteiger partial charge >= 0.3 is 5.97 Å². The Kier molecular flexibility index (Phi) is 7.64. The molecule has 2 saturated heterocycles. The van der Waals surface area contributed by atoms with E-state index in [-0.39, 0.29) is 42.3 Å². The number of carbonyl (C=O) groups is 2. The molecular formula is C19H35N5O4. The van der Waals surface area contributed by atoms with E-state index in [1.165, 1.54) is 12.8 Å². The second-order valence-corrected chi connectivity index (χ2v) is 8.16. The Bertz CT molecular complexity index is 540. The van der Waals surface area contributed by atoms with E-state index in [4.69, 9.17) is 4.74 Å². The number of nitrogens with one attached hydrogen (secondary N) is 4. The number of piperidine rings is 1. The van der Waals surface area contributed by atoms with Crippen LogP contribution < -0.4 is 21.3 Å². The van der Waals surface area contributed by atoms with Crippen molar-refractivity contribution in [3.05, 3.63) is 0 Å². The number of carboxylic acid groups (broad SMARTS) is 1. The van der Waals surface area contributed by atoms with Crippen LogP contribution in [0.4, 0.5) is 0 Å². The van der Waals surface area contributed by atoms with Gasteiger partial charge in [-0.1, -0.05) is 12.8 Å². The summed E-state index contributed by atoms with van der Waals surface area (Å²) in [6.07, 6.45) is 5.66. The third-order valence-electron chi connectivity index (χ3n) is 6.50. The van der Waals surface area contributed by atoms with Crippen molar-refractivity contribution in [1.82, 2.24) is 26.2 Å². The molecule has 5 unspecified atom stereocenters. The summed E-state index contributed by atoms with van der Waals surface area (Å²) >= 11 is 0. The van der Waals surface area contributed by atoms with Crippen molar-refractivity contribution in [3.8, 4) is 0 Å². The normalized spacial score (nSPS) is 35.4. The van der Waals surface area contributed by atoms with Crippen molar-refractivity contribution in [1.29, 1.82) is 0 Å². The minimum Gasteiger partial charge on any atom is -0.481 e. The maximum absolute atomic E-state index is 12.4. The lowest BCUT2D eigenvalue weighted by Crippen LogP contribution is -2.72. The van der Waals surface area contributed by atoms with E-state index >= 15 is 0 Å². The lowest BCUT2D eigenvalue weighted by Gasteiger charge is -2.46. The van der Waals surface area contributed by atoms with Crippen molar-refractivity contribution in [3.63, 3.8) is 0 Å². The molecule has 3 rings (SSSR count). The van der Waals surface area contributed by atoms with E-state index in [0.717, 1.165) is 25.9 Å². The molecule has 5 atom stereocenters. The van der Waals surface area contributed by atoms with E-state index in [2.05, 4.69) is 26.2 Å². The maximum atomic E-state index is 12.4. The molecule has 3 fully saturated rings. The Morgan fingerprint density at radius 2 is 1.86 bits per heavy atom. The molecule has 1 saturated carbocycles. The van der Waals surface area contributed by atoms with Crippen LogP contribution in [0.2, 0.25) is 0 Å². The molecule has 0 spiro atoms. The highest BCUT2D eigenvalue weighted by molar-refractivity contribution is 5.79. The van der Waals surface area contributed by atoms with Crippen LogP contribution in [-0.4, -0.2) is 80.3 Å². The second kappa shape index (κ2) is 9.98. The summed E-state index contributed by atoms with van der Waals surface area (Å²) in [5.41, 5.74) is 0. The van der Waals surface area contributed by atoms with Crippen molar-refractivity contribution >= 4 is 11.9 Å². The third kappa shape index (κ3) is 5.01. The first-order valence-corrected chi connectivity index (χ1v) is 10.5. The van der Waals surface area contributed by atoms with Gasteiger partial charge in [0.2, 0.25) is 5.91 Å². The molecule has 0 aromatic rings. The maximum Gasteiger partial charge on any atom is 0.306 e. The molecule has 28 heavy (non-hydrogen) atoms. The molecule has 0 bridgehead atoms. The number of likely N-dealkylation sites (tertiary alicyclic amines) is 1. The zero-order chi connectivity index (χ0) is 20.1. The summed E-state index contributed by atoms with van der Waals surface area (Å²) in [6, 6.07) is 0.222. The SMILES string of the molecule is CNC(=O)C1CNC(N2CCC(C(=O)O)CC2)NC1NC1CCCCC1OC. The van der Waals surface area contributed by atoms with Gasteiger partial charge in [0.05, 0.1) is 24.1 Å². The van der Waals surface area contributed by atoms with Crippen molar-refractivity contribution in [2.45, 2.75) is 63.1 Å². The van der Waals surface area contributed by atoms with Gasteiger partial charge < -0.3 is 15.2 Å². The number of carboxylic acids is 1. The fraction of sp³-hybridized carbons (Fsp3) is 0.895. The highest BCUT2D eigenvalue weighted by Crippen LogP contribution is 2.23. The number of amides is 1. The number of rotatable bonds is 6. The Labute approximate surface area is 166 Å². The molecule has 160 valence electrons. The van der Waals surface area contributed by atoms with Crippen molar-refractivity contribution in [2.24, 2.45) is 11.8 Å². The van der Waals surface area contributed by atoms with Crippen LogP contribution in [0, 0.1) is 11.8 Å². The summed E-state index contributed by atoms with van der Waals surface area (Å²) in [6.45, 7) is 2.02. The van der Waals surface area contributed by atoms with Crippen molar-refractivity contribution < 1.29 is 19.4 Å². The van der Waals surface area contributed by atoms with Crippen LogP contribution in [-0.2, 0) is 14.3 Å². The fourth-order valence-corrected chi connectivity index (χ4v) is 4.73. The molecule has 5 N–H and O–H groups in total. The van der Waals surface area contributed by atoms with Gasteiger partial charge in [-0.2, -0.15) is 0 Å². The number of nitrogens with zero attached hydrogens (tertiary/aromatic N) is 1. The number of methoxy groups -OCH3 is 1. The average molecular weight is 398 g/mol. The summed E-state index contributed by atoms with van der Waals surface area (Å²) < 4.78 is 5.67. The van der Waals surface area contributed by atoms with E-state index in [1.54, 1.807) is 14.2 Å². The first kappa shape index (κ1) is 21.4. The molecule has 3 aliphatic rings. The molecule has 9 heteroatoms. The molecule has 9 nitrogen and oxygen atoms in total. The highest BCUT2D eigenvalue weighted by atomic mass is 16.5. The Morgan fingerprint density at radius 3 is 2.50 bits per heavy atom. The predicted octanol–water partition coefficient (Wildman–Crippen LogP) is -0.505. The van der Waals surface area contributed by atoms with Crippen LogP contribution in [0.5, 0.6) is 0 Å². The first-order valence-electron chi connectivity index (χ1n) is 10.5. The lowest BCUT2D eigenvalue weighted by molar-refractivity contribution is -0.144. The van der Waals surface area contributed by atoms with Gasteiger partial charge in [-0.05, 0) is 25.7 Å². The van der Waals surface area contributed by atoms with Crippen LogP contribution in [0.1, 0.15) is 38.5 Å². The van der Waals surface area contributed by atoms with Crippen LogP contribution >= 0.6 is 0 Å². The van der Waals surface area contributed by atoms with E-state index < -0.39 is 5.97 Å². The van der Waals surface area contributed by atoms with Crippen LogP contribution in [0.3, 0.4) is 0 Å². The monoisotopic (exact) mass is 397 g/mol. The quantitative estimate of drug-likeness (QED) is 0.407. The summed E-state index contributed by atoms with van der Waals surface area (Å²) in [4.78, 5) is 25.9. The summed E-state index contributed by atoms with van der Waals surface area (Å²) in [7, 11) is 3.42. The third-order valence-corrected chi connectivity index (χ3v) is 6.50. The van der Waals surface area contributed by atoms with E-state index in [0.29, 0.717) is 19.4 Å². The summed E-state index contributed by atoms with van der Waals surface area (Å²) in [5.74, 6) is -1.18. The molecule has 1 aliphatic carbocycles. The van der Waals surface area contributed by atoms with Crippen molar-refractivity contribution in [2.75, 3.05) is 33.8 Å². The number of aliphatic carboxylic acids is 1. The fourth-order valence-electron chi connectivity index (χ4n) is 4.73. The number of carbonyl (C=O) groups excluding carboxylic acids is 1. The molecule has 1 amide bonds. The van der Waals surface area contributed by atoms with Gasteiger partial charge in [-0.25, -0.2) is 0 Å². The zero-order valence-corrected chi connectivity index (χ0v) is 16.9. The Morgan fingerprint density at radius 1 is 1.14 bits per heavy atom. The van der Waals surface area contributed by atoms with Gasteiger partial charge in [0.1, 0.15) is 6.29 Å². The second-order valence-electron chi connectivity index (χ2n) is 8.16. The van der Waals surface area contributed by atoms with E-state index in [1.807, 2.05) is 0 Å². The standard InChI is InChI=1S/C19H35N5O4/c1-20-17(25)13-11-21-19(24-9-7-12(8-10-24)18(26)27)23-16(13)22-14-5-3-4-6-15(14)28-2/h12-16,19,21-23H,3-11H2,1-2H3,(H,20,25)(H,26,27). The average Bonchev–Trinajstić information content (AvgIpc) is 2.73. The van der Waals surface area contributed by atoms with Gasteiger partial charge in [0.25, 0.3) is 0 Å². The zero-order valence-electron chi connectivity index (χ0n) is 16.9. The first-order chi connectivity index (χ1) is 13.5. The van der Waals surface area contributed by atoms with E-state index in [9.17, 15) is 14.7 Å². The molecule has 2 heterocycles. The number of ether oxygens (including phenoxy) is 1. The van der Waals surface area contributed by atoms with Gasteiger partial charge in [0.15, 0.2) is 0 Å². The summed E-state index contributed by atoms with van der Waals surface area (Å²) in [5, 5.41) is 22.6.